The molecule has 0 aliphatic heterocycles. The molecule has 0 amide bonds. The molecule has 0 aliphatic carbocycles. The number of nitrogens with zero attached hydrogens (tertiary/aromatic N) is 1. The highest BCUT2D eigenvalue weighted by molar-refractivity contribution is 6.42. The van der Waals surface area contributed by atoms with Crippen molar-refractivity contribution in [3.63, 3.8) is 0 Å². The Kier molecular flexibility index (Phi) is 4.85. The molecule has 106 valence electrons. The lowest BCUT2D eigenvalue weighted by Gasteiger charge is -2.10. The van der Waals surface area contributed by atoms with Crippen molar-refractivity contribution < 1.29 is 9.53 Å². The summed E-state index contributed by atoms with van der Waals surface area (Å²) < 4.78 is 5.09. The van der Waals surface area contributed by atoms with Crippen molar-refractivity contribution in [1.29, 1.82) is 5.26 Å². The number of hydrogen-bond acceptors (Lipinski definition) is 3. The zero-order valence-electron chi connectivity index (χ0n) is 11.1. The maximum Gasteiger partial charge on any atom is 0.184 e. The molecule has 1 unspecified atom stereocenters. The van der Waals surface area contributed by atoms with E-state index in [4.69, 9.17) is 27.9 Å². The van der Waals surface area contributed by atoms with E-state index in [9.17, 15) is 10.1 Å². The van der Waals surface area contributed by atoms with E-state index in [1.54, 1.807) is 36.4 Å². The summed E-state index contributed by atoms with van der Waals surface area (Å²) in [6.45, 7) is 0. The smallest absolute Gasteiger partial charge is 0.184 e. The quantitative estimate of drug-likeness (QED) is 0.780. The van der Waals surface area contributed by atoms with Crippen LogP contribution in [-0.2, 0) is 0 Å². The van der Waals surface area contributed by atoms with Crippen LogP contribution < -0.4 is 4.74 Å². The van der Waals surface area contributed by atoms with Gasteiger partial charge in [0.25, 0.3) is 0 Å². The molecule has 1 atom stereocenters. The van der Waals surface area contributed by atoms with Gasteiger partial charge in [0.15, 0.2) is 5.78 Å². The van der Waals surface area contributed by atoms with Crippen LogP contribution in [0.1, 0.15) is 21.8 Å². The van der Waals surface area contributed by atoms with Gasteiger partial charge >= 0.3 is 0 Å². The predicted octanol–water partition coefficient (Wildman–Crippen LogP) is 4.49. The van der Waals surface area contributed by atoms with E-state index in [-0.39, 0.29) is 5.78 Å². The normalized spacial score (nSPS) is 11.5. The number of Topliss-reactive ketones (excluding diaryl/α,β-unsaturated/α-hetero) is 1. The summed E-state index contributed by atoms with van der Waals surface area (Å²) in [5.74, 6) is -0.687. The van der Waals surface area contributed by atoms with Crippen LogP contribution in [0, 0.1) is 11.3 Å². The summed E-state index contributed by atoms with van der Waals surface area (Å²) in [6, 6.07) is 13.4. The largest absolute Gasteiger partial charge is 0.497 e. The van der Waals surface area contributed by atoms with Gasteiger partial charge < -0.3 is 4.74 Å². The number of carbonyl (C=O) groups excluding carboxylic acids is 1. The average Bonchev–Trinajstić information content (AvgIpc) is 2.51. The molecule has 0 saturated carbocycles. The molecule has 0 aromatic heterocycles. The molecular weight excluding hydrogens is 309 g/mol. The van der Waals surface area contributed by atoms with Gasteiger partial charge in [0, 0.05) is 5.56 Å². The van der Waals surface area contributed by atoms with E-state index < -0.39 is 5.92 Å². The average molecular weight is 320 g/mol. The van der Waals surface area contributed by atoms with Crippen LogP contribution in [0.5, 0.6) is 5.75 Å². The fourth-order valence-corrected chi connectivity index (χ4v) is 2.23. The molecule has 0 aliphatic rings. The summed E-state index contributed by atoms with van der Waals surface area (Å²) in [7, 11) is 1.52. The number of rotatable bonds is 4. The zero-order chi connectivity index (χ0) is 15.4. The molecule has 2 rings (SSSR count). The number of hydrogen-bond donors (Lipinski definition) is 0. The molecule has 5 heteroatoms. The second kappa shape index (κ2) is 6.62. The molecule has 0 saturated heterocycles. The number of ether oxygens (including phenoxy) is 1. The van der Waals surface area contributed by atoms with E-state index in [0.717, 1.165) is 0 Å². The number of halogens is 2. The van der Waals surface area contributed by atoms with Gasteiger partial charge in [-0.05, 0) is 29.8 Å². The van der Waals surface area contributed by atoms with E-state index in [2.05, 4.69) is 0 Å². The van der Waals surface area contributed by atoms with E-state index in [1.807, 2.05) is 6.07 Å². The third-order valence-electron chi connectivity index (χ3n) is 3.02. The maximum absolute atomic E-state index is 12.5. The van der Waals surface area contributed by atoms with Gasteiger partial charge in [0.05, 0.1) is 23.2 Å². The van der Waals surface area contributed by atoms with E-state index >= 15 is 0 Å². The van der Waals surface area contributed by atoms with Crippen molar-refractivity contribution in [2.45, 2.75) is 5.92 Å². The SMILES string of the molecule is COc1cccc(C(=O)C(C#N)c2ccc(Cl)c(Cl)c2)c1. The van der Waals surface area contributed by atoms with Crippen LogP contribution in [0.2, 0.25) is 10.0 Å². The lowest BCUT2D eigenvalue weighted by atomic mass is 9.92. The summed E-state index contributed by atoms with van der Waals surface area (Å²) in [4.78, 5) is 12.5. The number of ketones is 1. The Balaban J connectivity index is 2.38. The fourth-order valence-electron chi connectivity index (χ4n) is 1.92. The van der Waals surface area contributed by atoms with Crippen LogP contribution in [0.25, 0.3) is 0 Å². The highest BCUT2D eigenvalue weighted by Gasteiger charge is 2.22. The van der Waals surface area contributed by atoms with Gasteiger partial charge in [0.2, 0.25) is 0 Å². The minimum Gasteiger partial charge on any atom is -0.497 e. The van der Waals surface area contributed by atoms with Gasteiger partial charge in [0.1, 0.15) is 11.7 Å². The summed E-state index contributed by atoms with van der Waals surface area (Å²) in [5, 5.41) is 10.0. The monoisotopic (exact) mass is 319 g/mol. The standard InChI is InChI=1S/C16H11Cl2NO2/c1-21-12-4-2-3-11(7-12)16(20)13(9-19)10-5-6-14(17)15(18)8-10/h2-8,13H,1H3. The third-order valence-corrected chi connectivity index (χ3v) is 3.76. The molecule has 0 fully saturated rings. The fraction of sp³-hybridized carbons (Fsp3) is 0.125. The Bertz CT molecular complexity index is 722. The second-order valence-corrected chi connectivity index (χ2v) is 5.15. The van der Waals surface area contributed by atoms with Crippen molar-refractivity contribution in [3.8, 4) is 11.8 Å². The Hall–Kier alpha value is -2.02. The Morgan fingerprint density at radius 2 is 1.95 bits per heavy atom. The Morgan fingerprint density at radius 1 is 1.19 bits per heavy atom. The first-order chi connectivity index (χ1) is 10.1. The highest BCUT2D eigenvalue weighted by Crippen LogP contribution is 2.28. The van der Waals surface area contributed by atoms with Crippen molar-refractivity contribution in [3.05, 3.63) is 63.6 Å². The highest BCUT2D eigenvalue weighted by atomic mass is 35.5. The number of nitriles is 1. The van der Waals surface area contributed by atoms with Crippen LogP contribution in [0.3, 0.4) is 0 Å². The van der Waals surface area contributed by atoms with Crippen LogP contribution in [-0.4, -0.2) is 12.9 Å². The molecule has 2 aromatic carbocycles. The Labute approximate surface area is 132 Å². The van der Waals surface area contributed by atoms with E-state index in [0.29, 0.717) is 26.9 Å². The Morgan fingerprint density at radius 3 is 2.57 bits per heavy atom. The van der Waals surface area contributed by atoms with Crippen molar-refractivity contribution in [2.24, 2.45) is 0 Å². The first-order valence-corrected chi connectivity index (χ1v) is 6.85. The summed E-state index contributed by atoms with van der Waals surface area (Å²) in [5.41, 5.74) is 0.923. The molecule has 0 heterocycles. The molecule has 0 bridgehead atoms. The first kappa shape index (κ1) is 15.4. The predicted molar refractivity (Wildman–Crippen MR) is 82.1 cm³/mol. The van der Waals surface area contributed by atoms with Crippen LogP contribution >= 0.6 is 23.2 Å². The number of benzene rings is 2. The molecule has 3 nitrogen and oxygen atoms in total. The topological polar surface area (TPSA) is 50.1 Å². The number of methoxy groups -OCH3 is 1. The summed E-state index contributed by atoms with van der Waals surface area (Å²) in [6.07, 6.45) is 0. The molecule has 21 heavy (non-hydrogen) atoms. The second-order valence-electron chi connectivity index (χ2n) is 4.33. The van der Waals surface area contributed by atoms with Gasteiger partial charge in [-0.2, -0.15) is 5.26 Å². The number of carbonyl (C=O) groups is 1. The minimum absolute atomic E-state index is 0.310. The molecule has 0 radical (unpaired) electrons. The first-order valence-electron chi connectivity index (χ1n) is 6.09. The lowest BCUT2D eigenvalue weighted by Crippen LogP contribution is -2.11. The molecule has 2 aromatic rings. The lowest BCUT2D eigenvalue weighted by molar-refractivity contribution is 0.0978. The maximum atomic E-state index is 12.5. The van der Waals surface area contributed by atoms with Crippen molar-refractivity contribution in [2.75, 3.05) is 7.11 Å². The molecular formula is C16H11Cl2NO2. The van der Waals surface area contributed by atoms with E-state index in [1.165, 1.54) is 13.2 Å². The molecule has 0 spiro atoms. The van der Waals surface area contributed by atoms with Gasteiger partial charge in [-0.15, -0.1) is 0 Å². The van der Waals surface area contributed by atoms with Gasteiger partial charge in [-0.25, -0.2) is 0 Å². The minimum atomic E-state index is -0.938. The van der Waals surface area contributed by atoms with Gasteiger partial charge in [-0.3, -0.25) is 4.79 Å². The van der Waals surface area contributed by atoms with Gasteiger partial charge in [-0.1, -0.05) is 41.4 Å². The molecule has 0 N–H and O–H groups in total. The van der Waals surface area contributed by atoms with Crippen LogP contribution in [0.15, 0.2) is 42.5 Å². The van der Waals surface area contributed by atoms with Crippen LogP contribution in [0.4, 0.5) is 0 Å². The zero-order valence-corrected chi connectivity index (χ0v) is 12.7. The third kappa shape index (κ3) is 3.36. The van der Waals surface area contributed by atoms with Crippen molar-refractivity contribution in [1.82, 2.24) is 0 Å². The summed E-state index contributed by atoms with van der Waals surface area (Å²) >= 11 is 11.8. The van der Waals surface area contributed by atoms with Crippen molar-refractivity contribution >= 4 is 29.0 Å².